The summed E-state index contributed by atoms with van der Waals surface area (Å²) in [7, 11) is 1.57. The number of rotatable bonds is 4. The van der Waals surface area contributed by atoms with Crippen molar-refractivity contribution < 1.29 is 22.3 Å². The summed E-state index contributed by atoms with van der Waals surface area (Å²) in [6, 6.07) is 5.39. The number of halogens is 4. The minimum absolute atomic E-state index is 0.313. The van der Waals surface area contributed by atoms with E-state index >= 15 is 0 Å². The molecule has 0 aliphatic carbocycles. The molecule has 2 nitrogen and oxygen atoms in total. The fourth-order valence-electron chi connectivity index (χ4n) is 0.917. The van der Waals surface area contributed by atoms with Gasteiger partial charge in [0.2, 0.25) is 0 Å². The average molecular weight is 223 g/mol. The minimum Gasteiger partial charge on any atom is -0.428 e. The van der Waals surface area contributed by atoms with Crippen molar-refractivity contribution in [3.05, 3.63) is 24.3 Å². The Balaban J connectivity index is 2.80. The van der Waals surface area contributed by atoms with E-state index in [1.807, 2.05) is 0 Å². The lowest BCUT2D eigenvalue weighted by atomic mass is 10.3. The zero-order valence-corrected chi connectivity index (χ0v) is 7.81. The minimum atomic E-state index is -4.47. The van der Waals surface area contributed by atoms with Crippen LogP contribution >= 0.6 is 0 Å². The summed E-state index contributed by atoms with van der Waals surface area (Å²) in [6.07, 6.45) is -8.32. The van der Waals surface area contributed by atoms with Crippen LogP contribution in [0.25, 0.3) is 0 Å². The number of anilines is 1. The van der Waals surface area contributed by atoms with Gasteiger partial charge in [-0.15, -0.1) is 0 Å². The van der Waals surface area contributed by atoms with Gasteiger partial charge in [0.15, 0.2) is 0 Å². The lowest BCUT2D eigenvalue weighted by Gasteiger charge is -2.17. The van der Waals surface area contributed by atoms with E-state index < -0.39 is 12.5 Å². The molecule has 1 aromatic rings. The standard InChI is InChI=1S/C9H9F4NO/c1-14-6-3-2-4-7(5-6)15-9(12,13)8(10)11/h2-5,8,14H,1H3. The molecular formula is C9H9F4NO. The molecule has 0 aliphatic heterocycles. The molecule has 0 unspecified atom stereocenters. The van der Waals surface area contributed by atoms with Crippen molar-refractivity contribution in [2.45, 2.75) is 12.5 Å². The summed E-state index contributed by atoms with van der Waals surface area (Å²) in [5.41, 5.74) is 0.498. The van der Waals surface area contributed by atoms with Crippen LogP contribution in [0.4, 0.5) is 23.2 Å². The molecule has 0 bridgehead atoms. The van der Waals surface area contributed by atoms with Crippen LogP contribution in [0.3, 0.4) is 0 Å². The molecule has 1 aromatic carbocycles. The van der Waals surface area contributed by atoms with Crippen LogP contribution in [0.1, 0.15) is 0 Å². The first kappa shape index (κ1) is 11.6. The second-order valence-electron chi connectivity index (χ2n) is 2.74. The fourth-order valence-corrected chi connectivity index (χ4v) is 0.917. The van der Waals surface area contributed by atoms with Crippen LogP contribution in [0.5, 0.6) is 5.75 Å². The summed E-state index contributed by atoms with van der Waals surface area (Å²) in [5.74, 6) is -0.313. The Morgan fingerprint density at radius 2 is 2.00 bits per heavy atom. The van der Waals surface area contributed by atoms with Gasteiger partial charge < -0.3 is 10.1 Å². The molecule has 1 rings (SSSR count). The maximum Gasteiger partial charge on any atom is 0.461 e. The number of alkyl halides is 4. The highest BCUT2D eigenvalue weighted by molar-refractivity contribution is 5.47. The molecule has 0 spiro atoms. The Morgan fingerprint density at radius 3 is 2.53 bits per heavy atom. The van der Waals surface area contributed by atoms with E-state index in [0.29, 0.717) is 5.69 Å². The van der Waals surface area contributed by atoms with Gasteiger partial charge in [0.1, 0.15) is 5.75 Å². The number of nitrogens with one attached hydrogen (secondary N) is 1. The third-order valence-electron chi connectivity index (χ3n) is 1.63. The van der Waals surface area contributed by atoms with Gasteiger partial charge in [0.25, 0.3) is 0 Å². The Morgan fingerprint density at radius 1 is 1.33 bits per heavy atom. The van der Waals surface area contributed by atoms with E-state index in [-0.39, 0.29) is 5.75 Å². The van der Waals surface area contributed by atoms with Gasteiger partial charge in [-0.25, -0.2) is 0 Å². The zero-order chi connectivity index (χ0) is 11.5. The first-order valence-electron chi connectivity index (χ1n) is 4.08. The molecule has 6 heteroatoms. The topological polar surface area (TPSA) is 21.3 Å². The molecule has 0 amide bonds. The van der Waals surface area contributed by atoms with Crippen LogP contribution in [-0.2, 0) is 0 Å². The van der Waals surface area contributed by atoms with Crippen LogP contribution < -0.4 is 10.1 Å². The van der Waals surface area contributed by atoms with E-state index in [9.17, 15) is 17.6 Å². The van der Waals surface area contributed by atoms with Crippen molar-refractivity contribution in [2.24, 2.45) is 0 Å². The van der Waals surface area contributed by atoms with E-state index in [0.717, 1.165) is 0 Å². The Kier molecular flexibility index (Phi) is 3.39. The quantitative estimate of drug-likeness (QED) is 0.792. The van der Waals surface area contributed by atoms with E-state index in [1.165, 1.54) is 18.2 Å². The molecule has 0 atom stereocenters. The highest BCUT2D eigenvalue weighted by Crippen LogP contribution is 2.28. The third-order valence-corrected chi connectivity index (χ3v) is 1.63. The predicted molar refractivity (Wildman–Crippen MR) is 47.6 cm³/mol. The zero-order valence-electron chi connectivity index (χ0n) is 7.81. The van der Waals surface area contributed by atoms with Crippen molar-refractivity contribution in [2.75, 3.05) is 12.4 Å². The molecule has 15 heavy (non-hydrogen) atoms. The molecule has 0 saturated heterocycles. The average Bonchev–Trinajstić information content (AvgIpc) is 2.17. The largest absolute Gasteiger partial charge is 0.461 e. The van der Waals surface area contributed by atoms with Gasteiger partial charge in [-0.3, -0.25) is 0 Å². The molecule has 0 radical (unpaired) electrons. The van der Waals surface area contributed by atoms with Crippen LogP contribution in [0.2, 0.25) is 0 Å². The number of ether oxygens (including phenoxy) is 1. The van der Waals surface area contributed by atoms with E-state index in [1.54, 1.807) is 13.1 Å². The van der Waals surface area contributed by atoms with Gasteiger partial charge in [0, 0.05) is 18.8 Å². The van der Waals surface area contributed by atoms with Gasteiger partial charge >= 0.3 is 12.5 Å². The number of hydrogen-bond acceptors (Lipinski definition) is 2. The molecule has 84 valence electrons. The molecule has 0 heterocycles. The monoisotopic (exact) mass is 223 g/mol. The van der Waals surface area contributed by atoms with Crippen molar-refractivity contribution in [1.29, 1.82) is 0 Å². The number of hydrogen-bond donors (Lipinski definition) is 1. The van der Waals surface area contributed by atoms with Crippen molar-refractivity contribution >= 4 is 5.69 Å². The Bertz CT molecular complexity index is 330. The lowest BCUT2D eigenvalue weighted by Crippen LogP contribution is -2.33. The van der Waals surface area contributed by atoms with Gasteiger partial charge in [-0.1, -0.05) is 6.07 Å². The normalized spacial score (nSPS) is 11.6. The molecule has 0 fully saturated rings. The summed E-state index contributed by atoms with van der Waals surface area (Å²) in [6.45, 7) is 0. The van der Waals surface area contributed by atoms with Crippen LogP contribution in [0, 0.1) is 0 Å². The van der Waals surface area contributed by atoms with E-state index in [4.69, 9.17) is 0 Å². The first-order valence-corrected chi connectivity index (χ1v) is 4.08. The Labute approximate surface area is 83.9 Å². The maximum absolute atomic E-state index is 12.5. The molecule has 0 saturated carbocycles. The fraction of sp³-hybridized carbons (Fsp3) is 0.333. The predicted octanol–water partition coefficient (Wildman–Crippen LogP) is 2.97. The Hall–Kier alpha value is -1.46. The molecule has 1 N–H and O–H groups in total. The summed E-state index contributed by atoms with van der Waals surface area (Å²) in [5, 5.41) is 2.67. The van der Waals surface area contributed by atoms with E-state index in [2.05, 4.69) is 10.1 Å². The van der Waals surface area contributed by atoms with Crippen LogP contribution in [0.15, 0.2) is 24.3 Å². The summed E-state index contributed by atoms with van der Waals surface area (Å²) in [4.78, 5) is 0. The first-order chi connectivity index (χ1) is 6.95. The van der Waals surface area contributed by atoms with Crippen molar-refractivity contribution in [3.63, 3.8) is 0 Å². The third kappa shape index (κ3) is 3.00. The van der Waals surface area contributed by atoms with Crippen molar-refractivity contribution in [1.82, 2.24) is 0 Å². The van der Waals surface area contributed by atoms with Gasteiger partial charge in [0.05, 0.1) is 0 Å². The van der Waals surface area contributed by atoms with Gasteiger partial charge in [-0.2, -0.15) is 17.6 Å². The van der Waals surface area contributed by atoms with Crippen molar-refractivity contribution in [3.8, 4) is 5.75 Å². The summed E-state index contributed by atoms with van der Waals surface area (Å²) < 4.78 is 52.4. The highest BCUT2D eigenvalue weighted by atomic mass is 19.3. The molecule has 0 aliphatic rings. The SMILES string of the molecule is CNc1cccc(OC(F)(F)C(F)F)c1. The molecular weight excluding hydrogens is 214 g/mol. The number of benzene rings is 1. The lowest BCUT2D eigenvalue weighted by molar-refractivity contribution is -0.253. The second-order valence-corrected chi connectivity index (χ2v) is 2.74. The smallest absolute Gasteiger partial charge is 0.428 e. The second kappa shape index (κ2) is 4.37. The highest BCUT2D eigenvalue weighted by Gasteiger charge is 2.43. The maximum atomic E-state index is 12.5. The summed E-state index contributed by atoms with van der Waals surface area (Å²) >= 11 is 0. The molecule has 0 aromatic heterocycles. The van der Waals surface area contributed by atoms with Gasteiger partial charge in [-0.05, 0) is 12.1 Å². The van der Waals surface area contributed by atoms with Crippen LogP contribution in [-0.4, -0.2) is 19.6 Å².